The number of amides is 2. The van der Waals surface area contributed by atoms with Crippen LogP contribution in [0.4, 0.5) is 17.1 Å². The normalized spacial score (nSPS) is 13.0. The van der Waals surface area contributed by atoms with Gasteiger partial charge in [-0.25, -0.2) is 0 Å². The van der Waals surface area contributed by atoms with E-state index in [1.807, 2.05) is 0 Å². The number of nitro benzene ring substituents is 1. The molecule has 1 aliphatic rings. The van der Waals surface area contributed by atoms with Crippen LogP contribution in [0.1, 0.15) is 0 Å². The Morgan fingerprint density at radius 2 is 2.04 bits per heavy atom. The fourth-order valence-corrected chi connectivity index (χ4v) is 2.86. The summed E-state index contributed by atoms with van der Waals surface area (Å²) in [5.74, 6) is -0.732. The lowest BCUT2D eigenvalue weighted by molar-refractivity contribution is -0.384. The molecule has 0 bridgehead atoms. The van der Waals surface area contributed by atoms with Gasteiger partial charge in [0.2, 0.25) is 5.91 Å². The van der Waals surface area contributed by atoms with E-state index in [9.17, 15) is 19.7 Å². The topological polar surface area (TPSA) is 102 Å². The van der Waals surface area contributed by atoms with Crippen LogP contribution in [-0.4, -0.2) is 29.9 Å². The van der Waals surface area contributed by atoms with Gasteiger partial charge in [0.15, 0.2) is 6.61 Å². The second-order valence-corrected chi connectivity index (χ2v) is 6.19. The molecule has 1 N–H and O–H groups in total. The number of hydrogen-bond acceptors (Lipinski definition) is 5. The van der Waals surface area contributed by atoms with Crippen LogP contribution in [0.15, 0.2) is 36.4 Å². The molecule has 10 heteroatoms. The summed E-state index contributed by atoms with van der Waals surface area (Å²) in [7, 11) is 0. The zero-order valence-electron chi connectivity index (χ0n) is 13.1. The Morgan fingerprint density at radius 1 is 1.27 bits per heavy atom. The molecule has 1 aliphatic heterocycles. The molecule has 134 valence electrons. The molecule has 2 aromatic rings. The summed E-state index contributed by atoms with van der Waals surface area (Å²) in [5, 5.41) is 14.2. The molecule has 0 aromatic heterocycles. The lowest BCUT2D eigenvalue weighted by Gasteiger charge is -2.28. The Balaban J connectivity index is 1.83. The predicted octanol–water partition coefficient (Wildman–Crippen LogP) is 3.27. The van der Waals surface area contributed by atoms with Crippen LogP contribution in [0.25, 0.3) is 0 Å². The van der Waals surface area contributed by atoms with Crippen LogP contribution in [0.5, 0.6) is 5.75 Å². The van der Waals surface area contributed by atoms with E-state index in [4.69, 9.17) is 27.9 Å². The predicted molar refractivity (Wildman–Crippen MR) is 96.0 cm³/mol. The van der Waals surface area contributed by atoms with Crippen molar-refractivity contribution in [1.29, 1.82) is 0 Å². The molecule has 0 atom stereocenters. The van der Waals surface area contributed by atoms with Crippen LogP contribution >= 0.6 is 23.2 Å². The van der Waals surface area contributed by atoms with Crippen molar-refractivity contribution in [2.45, 2.75) is 0 Å². The molecule has 0 unspecified atom stereocenters. The van der Waals surface area contributed by atoms with E-state index in [2.05, 4.69) is 5.32 Å². The number of anilines is 2. The molecule has 0 saturated heterocycles. The summed E-state index contributed by atoms with van der Waals surface area (Å²) in [4.78, 5) is 36.0. The van der Waals surface area contributed by atoms with Crippen molar-refractivity contribution in [2.75, 3.05) is 23.4 Å². The molecule has 0 aliphatic carbocycles. The van der Waals surface area contributed by atoms with E-state index in [1.54, 1.807) is 6.07 Å². The Labute approximate surface area is 157 Å². The molecule has 0 fully saturated rings. The molecular formula is C16H11Cl2N3O5. The third-order valence-corrected chi connectivity index (χ3v) is 4.15. The van der Waals surface area contributed by atoms with E-state index >= 15 is 0 Å². The van der Waals surface area contributed by atoms with E-state index in [0.717, 1.165) is 4.90 Å². The van der Waals surface area contributed by atoms with Crippen LogP contribution < -0.4 is 15.0 Å². The minimum absolute atomic E-state index is 0.160. The fourth-order valence-electron chi connectivity index (χ4n) is 2.40. The van der Waals surface area contributed by atoms with E-state index in [-0.39, 0.29) is 35.3 Å². The van der Waals surface area contributed by atoms with Crippen LogP contribution in [0, 0.1) is 10.1 Å². The number of nitrogens with zero attached hydrogens (tertiary/aromatic N) is 2. The Kier molecular flexibility index (Phi) is 4.97. The molecule has 2 aromatic carbocycles. The molecule has 0 saturated carbocycles. The van der Waals surface area contributed by atoms with Gasteiger partial charge in [0, 0.05) is 17.2 Å². The van der Waals surface area contributed by atoms with E-state index < -0.39 is 16.7 Å². The average molecular weight is 396 g/mol. The number of carbonyl (C=O) groups excluding carboxylic acids is 2. The first-order valence-corrected chi connectivity index (χ1v) is 8.07. The van der Waals surface area contributed by atoms with Crippen LogP contribution in [0.2, 0.25) is 10.0 Å². The van der Waals surface area contributed by atoms with Crippen molar-refractivity contribution in [1.82, 2.24) is 0 Å². The third kappa shape index (κ3) is 3.71. The first-order valence-electron chi connectivity index (χ1n) is 7.31. The number of carbonyl (C=O) groups is 2. The first-order chi connectivity index (χ1) is 12.3. The minimum Gasteiger partial charge on any atom is -0.482 e. The maximum Gasteiger partial charge on any atom is 0.271 e. The molecule has 2 amide bonds. The van der Waals surface area contributed by atoms with Crippen molar-refractivity contribution in [3.63, 3.8) is 0 Å². The molecule has 1 heterocycles. The number of halogens is 2. The maximum absolute atomic E-state index is 12.3. The van der Waals surface area contributed by atoms with Crippen molar-refractivity contribution < 1.29 is 19.2 Å². The maximum atomic E-state index is 12.3. The van der Waals surface area contributed by atoms with Gasteiger partial charge in [-0.15, -0.1) is 0 Å². The highest BCUT2D eigenvalue weighted by atomic mass is 35.5. The largest absolute Gasteiger partial charge is 0.482 e. The molecule has 0 spiro atoms. The number of hydrogen-bond donors (Lipinski definition) is 1. The Hall–Kier alpha value is -2.84. The SMILES string of the molecule is O=C(CN1C(=O)COc2ccc([N+](=O)[O-])cc21)Nc1ccc(Cl)cc1Cl. The second-order valence-electron chi connectivity index (χ2n) is 5.35. The van der Waals surface area contributed by atoms with Gasteiger partial charge in [0.05, 0.1) is 21.3 Å². The Morgan fingerprint density at radius 3 is 2.73 bits per heavy atom. The first kappa shape index (κ1) is 18.0. The van der Waals surface area contributed by atoms with Crippen LogP contribution in [-0.2, 0) is 9.59 Å². The molecule has 0 radical (unpaired) electrons. The van der Waals surface area contributed by atoms with Crippen LogP contribution in [0.3, 0.4) is 0 Å². The molecule has 8 nitrogen and oxygen atoms in total. The van der Waals surface area contributed by atoms with Gasteiger partial charge in [0.25, 0.3) is 11.6 Å². The summed E-state index contributed by atoms with van der Waals surface area (Å²) < 4.78 is 5.25. The van der Waals surface area contributed by atoms with Crippen molar-refractivity contribution in [2.24, 2.45) is 0 Å². The number of nitro groups is 1. The highest BCUT2D eigenvalue weighted by molar-refractivity contribution is 6.36. The van der Waals surface area contributed by atoms with Crippen molar-refractivity contribution in [3.8, 4) is 5.75 Å². The molecule has 26 heavy (non-hydrogen) atoms. The number of fused-ring (bicyclic) bond motifs is 1. The average Bonchev–Trinajstić information content (AvgIpc) is 2.59. The molecular weight excluding hydrogens is 385 g/mol. The highest BCUT2D eigenvalue weighted by Crippen LogP contribution is 2.35. The van der Waals surface area contributed by atoms with Crippen molar-refractivity contribution in [3.05, 3.63) is 56.6 Å². The van der Waals surface area contributed by atoms with Crippen molar-refractivity contribution >= 4 is 52.1 Å². The minimum atomic E-state index is -0.592. The smallest absolute Gasteiger partial charge is 0.271 e. The number of non-ortho nitro benzene ring substituents is 1. The summed E-state index contributed by atoms with van der Waals surface area (Å²) >= 11 is 11.8. The van der Waals surface area contributed by atoms with Gasteiger partial charge in [-0.3, -0.25) is 24.6 Å². The number of nitrogens with one attached hydrogen (secondary N) is 1. The third-order valence-electron chi connectivity index (χ3n) is 3.60. The Bertz CT molecular complexity index is 919. The number of rotatable bonds is 4. The van der Waals surface area contributed by atoms with E-state index in [0.29, 0.717) is 10.7 Å². The van der Waals surface area contributed by atoms with Gasteiger partial charge in [-0.2, -0.15) is 0 Å². The highest BCUT2D eigenvalue weighted by Gasteiger charge is 2.29. The summed E-state index contributed by atoms with van der Waals surface area (Å²) in [6.07, 6.45) is 0. The van der Waals surface area contributed by atoms with Gasteiger partial charge in [-0.05, 0) is 24.3 Å². The van der Waals surface area contributed by atoms with Gasteiger partial charge in [-0.1, -0.05) is 23.2 Å². The number of ether oxygens (including phenoxy) is 1. The lowest BCUT2D eigenvalue weighted by Crippen LogP contribution is -2.43. The fraction of sp³-hybridized carbons (Fsp3) is 0.125. The summed E-state index contributed by atoms with van der Waals surface area (Å²) in [6, 6.07) is 8.40. The zero-order valence-corrected chi connectivity index (χ0v) is 14.6. The molecule has 3 rings (SSSR count). The monoisotopic (exact) mass is 395 g/mol. The van der Waals surface area contributed by atoms with Gasteiger partial charge < -0.3 is 10.1 Å². The summed E-state index contributed by atoms with van der Waals surface area (Å²) in [5.41, 5.74) is 0.280. The number of benzene rings is 2. The van der Waals surface area contributed by atoms with Gasteiger partial charge in [0.1, 0.15) is 12.3 Å². The zero-order chi connectivity index (χ0) is 18.8. The lowest BCUT2D eigenvalue weighted by atomic mass is 10.2. The summed E-state index contributed by atoms with van der Waals surface area (Å²) in [6.45, 7) is -0.616. The van der Waals surface area contributed by atoms with E-state index in [1.165, 1.54) is 30.3 Å². The standard InChI is InChI=1S/C16H11Cl2N3O5/c17-9-1-3-12(11(18)5-9)19-15(22)7-20-13-6-10(21(24)25)2-4-14(13)26-8-16(20)23/h1-6H,7-8H2,(H,19,22). The second kappa shape index (κ2) is 7.19. The van der Waals surface area contributed by atoms with Gasteiger partial charge >= 0.3 is 0 Å². The quantitative estimate of drug-likeness (QED) is 0.632.